The molecule has 0 atom stereocenters. The van der Waals surface area contributed by atoms with Crippen molar-refractivity contribution in [2.75, 3.05) is 20.3 Å². The second-order valence-electron chi connectivity index (χ2n) is 5.68. The number of benzene rings is 2. The summed E-state index contributed by atoms with van der Waals surface area (Å²) in [5.74, 6) is -0.364. The maximum atomic E-state index is 11.5. The molecule has 2 aromatic rings. The van der Waals surface area contributed by atoms with Crippen LogP contribution in [0.5, 0.6) is 0 Å². The van der Waals surface area contributed by atoms with Crippen molar-refractivity contribution in [1.29, 1.82) is 0 Å². The Morgan fingerprint density at radius 3 is 2.75 bits per heavy atom. The van der Waals surface area contributed by atoms with Gasteiger partial charge in [0.25, 0.3) is 0 Å². The van der Waals surface area contributed by atoms with Gasteiger partial charge in [0.05, 0.1) is 31.7 Å². The molecule has 0 saturated heterocycles. The van der Waals surface area contributed by atoms with Crippen molar-refractivity contribution in [3.63, 3.8) is 0 Å². The highest BCUT2D eigenvalue weighted by Gasteiger charge is 2.19. The molecule has 28 heavy (non-hydrogen) atoms. The van der Waals surface area contributed by atoms with E-state index < -0.39 is 12.6 Å². The van der Waals surface area contributed by atoms with E-state index in [0.29, 0.717) is 27.3 Å². The molecule has 0 fully saturated rings. The standard InChI is InChI=1S/C19H16Cl2N4O3/c1-28-19(27)16(10-26)24-25-17-9-22-18(12-4-2-3-5-14(12)21)13-8-11(20)6-7-15(13)23-17/h2-8,26H,9-10H2,1H3,(H,23,25)/b24-16-. The lowest BCUT2D eigenvalue weighted by Crippen LogP contribution is -2.27. The van der Waals surface area contributed by atoms with E-state index in [2.05, 4.69) is 25.2 Å². The number of carbonyl (C=O) groups excluding carboxylic acids is 1. The first kappa shape index (κ1) is 20.0. The van der Waals surface area contributed by atoms with Gasteiger partial charge in [0.15, 0.2) is 5.71 Å². The summed E-state index contributed by atoms with van der Waals surface area (Å²) >= 11 is 12.5. The van der Waals surface area contributed by atoms with Crippen LogP contribution in [0.4, 0.5) is 5.69 Å². The summed E-state index contributed by atoms with van der Waals surface area (Å²) in [4.78, 5) is 20.7. The van der Waals surface area contributed by atoms with Crippen LogP contribution in [0.2, 0.25) is 10.0 Å². The lowest BCUT2D eigenvalue weighted by Gasteiger charge is -2.10. The molecule has 0 aromatic heterocycles. The summed E-state index contributed by atoms with van der Waals surface area (Å²) in [7, 11) is 1.21. The van der Waals surface area contributed by atoms with Crippen molar-refractivity contribution in [3.8, 4) is 0 Å². The number of hydrogen-bond donors (Lipinski definition) is 2. The van der Waals surface area contributed by atoms with Crippen LogP contribution >= 0.6 is 23.2 Å². The van der Waals surface area contributed by atoms with Crippen LogP contribution in [-0.2, 0) is 9.53 Å². The summed E-state index contributed by atoms with van der Waals surface area (Å²) in [6, 6.07) is 12.6. The molecule has 1 aliphatic rings. The minimum atomic E-state index is -0.739. The van der Waals surface area contributed by atoms with Crippen LogP contribution in [0.15, 0.2) is 57.6 Å². The second kappa shape index (κ2) is 8.97. The van der Waals surface area contributed by atoms with Gasteiger partial charge in [-0.25, -0.2) is 9.79 Å². The van der Waals surface area contributed by atoms with Gasteiger partial charge in [-0.05, 0) is 24.3 Å². The third-order valence-electron chi connectivity index (χ3n) is 3.88. The SMILES string of the molecule is COC(=O)/C(CO)=N\NC1=Nc2ccc(Cl)cc2C(c2ccccc2Cl)=NC1. The Bertz CT molecular complexity index is 1000. The fourth-order valence-corrected chi connectivity index (χ4v) is 2.95. The van der Waals surface area contributed by atoms with Crippen molar-refractivity contribution in [2.45, 2.75) is 0 Å². The number of nitrogens with zero attached hydrogens (tertiary/aromatic N) is 3. The maximum Gasteiger partial charge on any atom is 0.356 e. The number of amidine groups is 1. The number of rotatable bonds is 4. The quantitative estimate of drug-likeness (QED) is 0.453. The maximum absolute atomic E-state index is 11.5. The van der Waals surface area contributed by atoms with Gasteiger partial charge in [0.1, 0.15) is 5.84 Å². The molecule has 1 aliphatic heterocycles. The van der Waals surface area contributed by atoms with E-state index in [1.807, 2.05) is 18.2 Å². The number of aliphatic hydroxyl groups excluding tert-OH is 1. The average Bonchev–Trinajstić information content (AvgIpc) is 2.87. The molecule has 0 aliphatic carbocycles. The zero-order valence-electron chi connectivity index (χ0n) is 14.8. The first-order valence-corrected chi connectivity index (χ1v) is 8.97. The fraction of sp³-hybridized carbons (Fsp3) is 0.158. The van der Waals surface area contributed by atoms with Gasteiger partial charge in [-0.15, -0.1) is 0 Å². The molecule has 0 radical (unpaired) electrons. The Morgan fingerprint density at radius 1 is 1.25 bits per heavy atom. The summed E-state index contributed by atoms with van der Waals surface area (Å²) in [5.41, 5.74) is 5.22. The molecule has 7 nitrogen and oxygen atoms in total. The Morgan fingerprint density at radius 2 is 2.04 bits per heavy atom. The summed E-state index contributed by atoms with van der Waals surface area (Å²) in [5, 5.41) is 14.2. The van der Waals surface area contributed by atoms with Gasteiger partial charge in [-0.3, -0.25) is 10.4 Å². The summed E-state index contributed by atoms with van der Waals surface area (Å²) in [6.07, 6.45) is 0. The number of ether oxygens (including phenoxy) is 1. The molecule has 1 heterocycles. The highest BCUT2D eigenvalue weighted by atomic mass is 35.5. The minimum absolute atomic E-state index is 0.149. The molecular weight excluding hydrogens is 403 g/mol. The normalized spacial score (nSPS) is 13.8. The first-order chi connectivity index (χ1) is 13.5. The lowest BCUT2D eigenvalue weighted by atomic mass is 10.0. The number of hydrazone groups is 1. The number of nitrogens with one attached hydrogen (secondary N) is 1. The monoisotopic (exact) mass is 418 g/mol. The van der Waals surface area contributed by atoms with Crippen molar-refractivity contribution in [2.24, 2.45) is 15.1 Å². The number of esters is 1. The van der Waals surface area contributed by atoms with Crippen LogP contribution in [0.3, 0.4) is 0 Å². The van der Waals surface area contributed by atoms with Gasteiger partial charge < -0.3 is 9.84 Å². The minimum Gasteiger partial charge on any atom is -0.464 e. The van der Waals surface area contributed by atoms with Crippen LogP contribution in [0.1, 0.15) is 11.1 Å². The van der Waals surface area contributed by atoms with Crippen LogP contribution in [0.25, 0.3) is 0 Å². The van der Waals surface area contributed by atoms with E-state index in [1.54, 1.807) is 24.3 Å². The molecule has 2 N–H and O–H groups in total. The second-order valence-corrected chi connectivity index (χ2v) is 6.53. The van der Waals surface area contributed by atoms with E-state index in [-0.39, 0.29) is 12.3 Å². The van der Waals surface area contributed by atoms with Crippen molar-refractivity contribution in [3.05, 3.63) is 63.6 Å². The number of halogens is 2. The number of carbonyl (C=O) groups is 1. The predicted molar refractivity (Wildman–Crippen MR) is 110 cm³/mol. The number of methoxy groups -OCH3 is 1. The van der Waals surface area contributed by atoms with E-state index in [9.17, 15) is 9.90 Å². The van der Waals surface area contributed by atoms with Gasteiger partial charge in [-0.1, -0.05) is 41.4 Å². The van der Waals surface area contributed by atoms with Gasteiger partial charge in [0.2, 0.25) is 0 Å². The molecule has 0 spiro atoms. The number of aliphatic imine (C=N–C) groups is 2. The third kappa shape index (κ3) is 4.39. The zero-order valence-corrected chi connectivity index (χ0v) is 16.3. The van der Waals surface area contributed by atoms with E-state index in [0.717, 1.165) is 11.1 Å². The molecule has 2 aromatic carbocycles. The molecule has 0 unspecified atom stereocenters. The predicted octanol–water partition coefficient (Wildman–Crippen LogP) is 2.99. The molecular formula is C19H16Cl2N4O3. The van der Waals surface area contributed by atoms with E-state index in [1.165, 1.54) is 7.11 Å². The fourth-order valence-electron chi connectivity index (χ4n) is 2.55. The average molecular weight is 419 g/mol. The van der Waals surface area contributed by atoms with Crippen LogP contribution < -0.4 is 5.43 Å². The molecule has 9 heteroatoms. The smallest absolute Gasteiger partial charge is 0.356 e. The topological polar surface area (TPSA) is 95.6 Å². The van der Waals surface area contributed by atoms with Gasteiger partial charge in [0, 0.05) is 21.2 Å². The molecule has 0 saturated carbocycles. The number of hydrogen-bond acceptors (Lipinski definition) is 7. The molecule has 0 bridgehead atoms. The van der Waals surface area contributed by atoms with Gasteiger partial charge >= 0.3 is 5.97 Å². The Hall–Kier alpha value is -2.74. The first-order valence-electron chi connectivity index (χ1n) is 8.22. The van der Waals surface area contributed by atoms with E-state index >= 15 is 0 Å². The number of fused-ring (bicyclic) bond motifs is 1. The zero-order chi connectivity index (χ0) is 20.1. The van der Waals surface area contributed by atoms with Gasteiger partial charge in [-0.2, -0.15) is 5.10 Å². The van der Waals surface area contributed by atoms with Crippen LogP contribution in [0, 0.1) is 0 Å². The molecule has 3 rings (SSSR count). The summed E-state index contributed by atoms with van der Waals surface area (Å²) in [6.45, 7) is -0.427. The Balaban J connectivity index is 2.02. The molecule has 0 amide bonds. The van der Waals surface area contributed by atoms with E-state index in [4.69, 9.17) is 23.2 Å². The van der Waals surface area contributed by atoms with Crippen molar-refractivity contribution in [1.82, 2.24) is 5.43 Å². The van der Waals surface area contributed by atoms with Crippen molar-refractivity contribution >= 4 is 52.1 Å². The largest absolute Gasteiger partial charge is 0.464 e. The molecule has 144 valence electrons. The van der Waals surface area contributed by atoms with Crippen molar-refractivity contribution < 1.29 is 14.6 Å². The lowest BCUT2D eigenvalue weighted by molar-refractivity contribution is -0.133. The summed E-state index contributed by atoms with van der Waals surface area (Å²) < 4.78 is 4.56. The number of aliphatic hydroxyl groups is 1. The van der Waals surface area contributed by atoms with Crippen LogP contribution in [-0.4, -0.2) is 48.6 Å². The third-order valence-corrected chi connectivity index (χ3v) is 4.44. The Labute approximate surface area is 171 Å². The highest BCUT2D eigenvalue weighted by Crippen LogP contribution is 2.30. The highest BCUT2D eigenvalue weighted by molar-refractivity contribution is 6.37. The Kier molecular flexibility index (Phi) is 6.41.